The Morgan fingerprint density at radius 1 is 1.58 bits per heavy atom. The first-order valence-electron chi connectivity index (χ1n) is 3.58. The smallest absolute Gasteiger partial charge is 0.180 e. The molecule has 0 aromatic carbocycles. The maximum atomic E-state index is 5.06. The summed E-state index contributed by atoms with van der Waals surface area (Å²) >= 11 is 1.67. The van der Waals surface area contributed by atoms with Gasteiger partial charge in [0, 0.05) is 11.1 Å². The topological polar surface area (TPSA) is 38.1 Å². The summed E-state index contributed by atoms with van der Waals surface area (Å²) in [4.78, 5) is 3.82. The van der Waals surface area contributed by atoms with Crippen molar-refractivity contribution >= 4 is 17.0 Å². The van der Waals surface area contributed by atoms with Crippen LogP contribution < -0.4 is 5.32 Å². The average Bonchev–Trinajstić information content (AvgIpc) is 2.74. The van der Waals surface area contributed by atoms with E-state index in [0.717, 1.165) is 11.4 Å². The van der Waals surface area contributed by atoms with Gasteiger partial charge < -0.3 is 9.73 Å². The predicted molar refractivity (Wildman–Crippen MR) is 48.1 cm³/mol. The van der Waals surface area contributed by atoms with Gasteiger partial charge in [0.25, 0.3) is 0 Å². The lowest BCUT2D eigenvalue weighted by Crippen LogP contribution is -1.95. The SMILES string of the molecule is c1ncc(CNc2ccsc2)o1. The third-order valence-corrected chi connectivity index (χ3v) is 2.15. The molecule has 12 heavy (non-hydrogen) atoms. The van der Waals surface area contributed by atoms with E-state index in [1.54, 1.807) is 17.5 Å². The van der Waals surface area contributed by atoms with Crippen molar-refractivity contribution in [3.8, 4) is 0 Å². The standard InChI is InChI=1S/C8H8N2OS/c1-2-12-5-7(1)10-4-8-3-9-6-11-8/h1-3,5-6,10H,4H2. The second-order valence-electron chi connectivity index (χ2n) is 2.33. The number of oxazole rings is 1. The lowest BCUT2D eigenvalue weighted by molar-refractivity contribution is 0.512. The molecule has 0 aliphatic rings. The van der Waals surface area contributed by atoms with Crippen LogP contribution in [-0.2, 0) is 6.54 Å². The normalized spacial score (nSPS) is 10.0. The number of aromatic nitrogens is 1. The quantitative estimate of drug-likeness (QED) is 0.787. The number of rotatable bonds is 3. The molecule has 0 bridgehead atoms. The summed E-state index contributed by atoms with van der Waals surface area (Å²) < 4.78 is 5.06. The summed E-state index contributed by atoms with van der Waals surface area (Å²) in [6, 6.07) is 2.03. The van der Waals surface area contributed by atoms with Gasteiger partial charge in [-0.05, 0) is 11.4 Å². The highest BCUT2D eigenvalue weighted by atomic mass is 32.1. The molecule has 2 aromatic heterocycles. The van der Waals surface area contributed by atoms with E-state index in [1.807, 2.05) is 11.4 Å². The molecule has 2 rings (SSSR count). The van der Waals surface area contributed by atoms with Gasteiger partial charge in [0.15, 0.2) is 6.39 Å². The molecule has 0 radical (unpaired) electrons. The lowest BCUT2D eigenvalue weighted by Gasteiger charge is -1.98. The molecule has 2 aromatic rings. The number of nitrogens with zero attached hydrogens (tertiary/aromatic N) is 1. The van der Waals surface area contributed by atoms with E-state index in [-0.39, 0.29) is 0 Å². The van der Waals surface area contributed by atoms with Crippen LogP contribution in [-0.4, -0.2) is 4.98 Å². The molecular weight excluding hydrogens is 172 g/mol. The molecule has 0 saturated carbocycles. The highest BCUT2D eigenvalue weighted by Gasteiger charge is 1.95. The summed E-state index contributed by atoms with van der Waals surface area (Å²) in [5.41, 5.74) is 1.12. The van der Waals surface area contributed by atoms with Gasteiger partial charge in [-0.25, -0.2) is 4.98 Å². The van der Waals surface area contributed by atoms with Crippen LogP contribution in [0.4, 0.5) is 5.69 Å². The van der Waals surface area contributed by atoms with Gasteiger partial charge in [0.05, 0.1) is 12.7 Å². The number of nitrogens with one attached hydrogen (secondary N) is 1. The molecule has 0 unspecified atom stereocenters. The Morgan fingerprint density at radius 3 is 3.25 bits per heavy atom. The van der Waals surface area contributed by atoms with Crippen LogP contribution in [0.5, 0.6) is 0 Å². The Balaban J connectivity index is 1.91. The molecule has 4 heteroatoms. The second kappa shape index (κ2) is 3.40. The Bertz CT molecular complexity index is 280. The third-order valence-electron chi connectivity index (χ3n) is 1.47. The molecule has 0 spiro atoms. The second-order valence-corrected chi connectivity index (χ2v) is 3.11. The van der Waals surface area contributed by atoms with Crippen LogP contribution in [0.1, 0.15) is 5.76 Å². The van der Waals surface area contributed by atoms with Crippen molar-refractivity contribution in [3.05, 3.63) is 35.2 Å². The van der Waals surface area contributed by atoms with Crippen molar-refractivity contribution in [2.45, 2.75) is 6.54 Å². The van der Waals surface area contributed by atoms with Gasteiger partial charge in [0.1, 0.15) is 5.76 Å². The highest BCUT2D eigenvalue weighted by molar-refractivity contribution is 7.08. The largest absolute Gasteiger partial charge is 0.447 e. The summed E-state index contributed by atoms with van der Waals surface area (Å²) in [5.74, 6) is 0.848. The number of thiophene rings is 1. The molecule has 1 N–H and O–H groups in total. The minimum atomic E-state index is 0.691. The molecule has 3 nitrogen and oxygen atoms in total. The molecule has 0 amide bonds. The Hall–Kier alpha value is -1.29. The Labute approximate surface area is 74.1 Å². The molecule has 2 heterocycles. The van der Waals surface area contributed by atoms with Crippen LogP contribution >= 0.6 is 11.3 Å². The van der Waals surface area contributed by atoms with Crippen LogP contribution in [0.2, 0.25) is 0 Å². The number of anilines is 1. The fourth-order valence-corrected chi connectivity index (χ4v) is 1.50. The Morgan fingerprint density at radius 2 is 2.58 bits per heavy atom. The molecule has 0 aliphatic heterocycles. The van der Waals surface area contributed by atoms with Crippen LogP contribution in [0.25, 0.3) is 0 Å². The van der Waals surface area contributed by atoms with Gasteiger partial charge in [-0.2, -0.15) is 11.3 Å². The predicted octanol–water partition coefficient (Wildman–Crippen LogP) is 2.35. The van der Waals surface area contributed by atoms with Crippen molar-refractivity contribution in [3.63, 3.8) is 0 Å². The summed E-state index contributed by atoms with van der Waals surface area (Å²) in [5, 5.41) is 7.29. The zero-order valence-electron chi connectivity index (χ0n) is 6.36. The molecule has 0 saturated heterocycles. The number of hydrogen-bond acceptors (Lipinski definition) is 4. The molecule has 0 aliphatic carbocycles. The fourth-order valence-electron chi connectivity index (χ4n) is 0.884. The third kappa shape index (κ3) is 1.65. The van der Waals surface area contributed by atoms with E-state index in [0.29, 0.717) is 6.54 Å². The first-order valence-corrected chi connectivity index (χ1v) is 4.53. The van der Waals surface area contributed by atoms with E-state index in [4.69, 9.17) is 4.42 Å². The minimum Gasteiger partial charge on any atom is -0.447 e. The lowest BCUT2D eigenvalue weighted by atomic mass is 10.4. The number of hydrogen-bond donors (Lipinski definition) is 1. The van der Waals surface area contributed by atoms with E-state index in [1.165, 1.54) is 6.39 Å². The van der Waals surface area contributed by atoms with Crippen molar-refractivity contribution in [2.75, 3.05) is 5.32 Å². The van der Waals surface area contributed by atoms with Gasteiger partial charge in [-0.1, -0.05) is 0 Å². The average molecular weight is 180 g/mol. The van der Waals surface area contributed by atoms with Gasteiger partial charge >= 0.3 is 0 Å². The molecule has 0 fully saturated rings. The summed E-state index contributed by atoms with van der Waals surface area (Å²) in [7, 11) is 0. The van der Waals surface area contributed by atoms with Crippen LogP contribution in [0.3, 0.4) is 0 Å². The van der Waals surface area contributed by atoms with Gasteiger partial charge in [-0.15, -0.1) is 0 Å². The van der Waals surface area contributed by atoms with Crippen molar-refractivity contribution in [2.24, 2.45) is 0 Å². The zero-order chi connectivity index (χ0) is 8.23. The molecule has 62 valence electrons. The van der Waals surface area contributed by atoms with Crippen LogP contribution in [0.15, 0.2) is 33.8 Å². The monoisotopic (exact) mass is 180 g/mol. The van der Waals surface area contributed by atoms with Crippen molar-refractivity contribution < 1.29 is 4.42 Å². The first kappa shape index (κ1) is 7.36. The minimum absolute atomic E-state index is 0.691. The maximum Gasteiger partial charge on any atom is 0.180 e. The zero-order valence-corrected chi connectivity index (χ0v) is 7.17. The van der Waals surface area contributed by atoms with Crippen LogP contribution in [0, 0.1) is 0 Å². The fraction of sp³-hybridized carbons (Fsp3) is 0.125. The van der Waals surface area contributed by atoms with Crippen molar-refractivity contribution in [1.29, 1.82) is 0 Å². The van der Waals surface area contributed by atoms with E-state index in [9.17, 15) is 0 Å². The van der Waals surface area contributed by atoms with Gasteiger partial charge in [0.2, 0.25) is 0 Å². The summed E-state index contributed by atoms with van der Waals surface area (Å²) in [6.45, 7) is 0.691. The Kier molecular flexibility index (Phi) is 2.09. The summed E-state index contributed by atoms with van der Waals surface area (Å²) in [6.07, 6.45) is 3.14. The van der Waals surface area contributed by atoms with Gasteiger partial charge in [-0.3, -0.25) is 0 Å². The molecule has 0 atom stereocenters. The molecular formula is C8H8N2OS. The first-order chi connectivity index (χ1) is 5.95. The van der Waals surface area contributed by atoms with E-state index >= 15 is 0 Å². The van der Waals surface area contributed by atoms with E-state index in [2.05, 4.69) is 15.7 Å². The van der Waals surface area contributed by atoms with Crippen molar-refractivity contribution in [1.82, 2.24) is 4.98 Å². The highest BCUT2D eigenvalue weighted by Crippen LogP contribution is 2.12. The van der Waals surface area contributed by atoms with E-state index < -0.39 is 0 Å². The maximum absolute atomic E-state index is 5.06.